The van der Waals surface area contributed by atoms with Gasteiger partial charge in [-0.25, -0.2) is 8.42 Å². The van der Waals surface area contributed by atoms with E-state index in [2.05, 4.69) is 20.4 Å². The van der Waals surface area contributed by atoms with Crippen LogP contribution in [-0.4, -0.2) is 77.9 Å². The summed E-state index contributed by atoms with van der Waals surface area (Å²) in [4.78, 5) is 16.9. The highest BCUT2D eigenvalue weighted by molar-refractivity contribution is 7.93. The normalized spacial score (nSPS) is 18.2. The summed E-state index contributed by atoms with van der Waals surface area (Å²) in [6, 6.07) is 16.6. The fourth-order valence-corrected chi connectivity index (χ4v) is 5.69. The number of aromatic nitrogens is 4. The zero-order chi connectivity index (χ0) is 22.1. The first-order valence-electron chi connectivity index (χ1n) is 10.5. The number of hydrogen-bond acceptors (Lipinski definition) is 7. The Morgan fingerprint density at radius 1 is 0.875 bits per heavy atom. The van der Waals surface area contributed by atoms with E-state index in [9.17, 15) is 13.2 Å². The number of benzene rings is 2. The van der Waals surface area contributed by atoms with Crippen LogP contribution in [0.5, 0.6) is 0 Å². The average molecular weight is 454 g/mol. The minimum Gasteiger partial charge on any atom is -0.336 e. The van der Waals surface area contributed by atoms with Crippen molar-refractivity contribution in [3.63, 3.8) is 0 Å². The van der Waals surface area contributed by atoms with E-state index < -0.39 is 10.0 Å². The van der Waals surface area contributed by atoms with Gasteiger partial charge in [-0.2, -0.15) is 4.68 Å². The maximum absolute atomic E-state index is 13.1. The van der Waals surface area contributed by atoms with Crippen LogP contribution in [0.25, 0.3) is 5.69 Å². The second-order valence-corrected chi connectivity index (χ2v) is 9.81. The van der Waals surface area contributed by atoms with E-state index in [0.717, 1.165) is 5.69 Å². The first-order chi connectivity index (χ1) is 15.5. The molecule has 3 aromatic rings. The van der Waals surface area contributed by atoms with Gasteiger partial charge in [-0.1, -0.05) is 29.4 Å². The second kappa shape index (κ2) is 8.23. The van der Waals surface area contributed by atoms with Gasteiger partial charge >= 0.3 is 0 Å². The highest BCUT2D eigenvalue weighted by Gasteiger charge is 2.30. The van der Waals surface area contributed by atoms with Crippen LogP contribution in [0.1, 0.15) is 16.8 Å². The summed E-state index contributed by atoms with van der Waals surface area (Å²) in [6.45, 7) is 2.69. The van der Waals surface area contributed by atoms with Gasteiger partial charge in [0.15, 0.2) is 0 Å². The van der Waals surface area contributed by atoms with Crippen molar-refractivity contribution in [3.05, 3.63) is 60.2 Å². The fraction of sp³-hybridized carbons (Fsp3) is 0.333. The summed E-state index contributed by atoms with van der Waals surface area (Å²) >= 11 is 0. The lowest BCUT2D eigenvalue weighted by atomic mass is 10.1. The number of sulfonamides is 1. The van der Waals surface area contributed by atoms with E-state index in [1.165, 1.54) is 4.31 Å². The number of rotatable bonds is 4. The SMILES string of the molecule is O=C(c1cccc(N2CCCS2(=O)=O)c1)N1CCN(c2nnnn2-c2ccccc2)CC1. The van der Waals surface area contributed by atoms with Crippen LogP contribution in [0.2, 0.25) is 0 Å². The molecule has 0 atom stereocenters. The maximum Gasteiger partial charge on any atom is 0.254 e. The number of tetrazole rings is 1. The molecule has 1 aromatic heterocycles. The Hall–Kier alpha value is -3.47. The largest absolute Gasteiger partial charge is 0.336 e. The van der Waals surface area contributed by atoms with Gasteiger partial charge in [0.25, 0.3) is 5.91 Å². The number of para-hydroxylation sites is 1. The molecule has 0 spiro atoms. The lowest BCUT2D eigenvalue weighted by molar-refractivity contribution is 0.0746. The maximum atomic E-state index is 13.1. The zero-order valence-electron chi connectivity index (χ0n) is 17.4. The van der Waals surface area contributed by atoms with Crippen LogP contribution in [0, 0.1) is 0 Å². The summed E-state index contributed by atoms with van der Waals surface area (Å²) in [5.41, 5.74) is 1.92. The van der Waals surface area contributed by atoms with E-state index in [1.54, 1.807) is 33.8 Å². The number of amides is 1. The molecule has 32 heavy (non-hydrogen) atoms. The van der Waals surface area contributed by atoms with Gasteiger partial charge in [0.1, 0.15) is 0 Å². The Morgan fingerprint density at radius 2 is 1.62 bits per heavy atom. The molecule has 0 N–H and O–H groups in total. The Labute approximate surface area is 186 Å². The van der Waals surface area contributed by atoms with Crippen molar-refractivity contribution in [1.82, 2.24) is 25.1 Å². The third-order valence-corrected chi connectivity index (χ3v) is 7.65. The topological polar surface area (TPSA) is 105 Å². The molecular formula is C21H23N7O3S. The molecular weight excluding hydrogens is 430 g/mol. The molecule has 10 nitrogen and oxygen atoms in total. The summed E-state index contributed by atoms with van der Waals surface area (Å²) < 4.78 is 27.5. The molecule has 0 aliphatic carbocycles. The highest BCUT2D eigenvalue weighted by atomic mass is 32.2. The summed E-state index contributed by atoms with van der Waals surface area (Å²) in [5.74, 6) is 0.686. The molecule has 2 aliphatic rings. The molecule has 5 rings (SSSR count). The van der Waals surface area contributed by atoms with Gasteiger partial charge in [0.05, 0.1) is 17.1 Å². The van der Waals surface area contributed by atoms with Gasteiger partial charge in [-0.05, 0) is 47.2 Å². The van der Waals surface area contributed by atoms with Gasteiger partial charge in [-0.15, -0.1) is 0 Å². The zero-order valence-corrected chi connectivity index (χ0v) is 18.2. The Bertz CT molecular complexity index is 1220. The van der Waals surface area contributed by atoms with Crippen molar-refractivity contribution in [2.45, 2.75) is 6.42 Å². The molecule has 2 aliphatic heterocycles. The average Bonchev–Trinajstić information content (AvgIpc) is 3.45. The molecule has 2 aromatic carbocycles. The number of carbonyl (C=O) groups is 1. The van der Waals surface area contributed by atoms with Crippen molar-refractivity contribution in [1.29, 1.82) is 0 Å². The van der Waals surface area contributed by atoms with E-state index in [4.69, 9.17) is 0 Å². The predicted octanol–water partition coefficient (Wildman–Crippen LogP) is 1.16. The predicted molar refractivity (Wildman–Crippen MR) is 119 cm³/mol. The molecule has 0 radical (unpaired) electrons. The third-order valence-electron chi connectivity index (χ3n) is 5.78. The van der Waals surface area contributed by atoms with Crippen LogP contribution in [-0.2, 0) is 10.0 Å². The van der Waals surface area contributed by atoms with Gasteiger partial charge < -0.3 is 9.80 Å². The molecule has 1 amide bonds. The Balaban J connectivity index is 1.28. The first-order valence-corrected chi connectivity index (χ1v) is 12.1. The van der Waals surface area contributed by atoms with E-state index in [-0.39, 0.29) is 11.7 Å². The Morgan fingerprint density at radius 3 is 2.34 bits per heavy atom. The molecule has 0 saturated carbocycles. The summed E-state index contributed by atoms with van der Waals surface area (Å²) in [5, 5.41) is 12.1. The number of carbonyl (C=O) groups excluding carboxylic acids is 1. The lowest BCUT2D eigenvalue weighted by Crippen LogP contribution is -2.49. The van der Waals surface area contributed by atoms with Crippen LogP contribution in [0.15, 0.2) is 54.6 Å². The third kappa shape index (κ3) is 3.79. The molecule has 0 unspecified atom stereocenters. The van der Waals surface area contributed by atoms with Crippen LogP contribution < -0.4 is 9.21 Å². The first kappa shape index (κ1) is 20.4. The van der Waals surface area contributed by atoms with Crippen molar-refractivity contribution in [2.24, 2.45) is 0 Å². The van der Waals surface area contributed by atoms with E-state index >= 15 is 0 Å². The van der Waals surface area contributed by atoms with Gasteiger partial charge in [-0.3, -0.25) is 9.10 Å². The molecule has 11 heteroatoms. The van der Waals surface area contributed by atoms with Crippen molar-refractivity contribution < 1.29 is 13.2 Å². The second-order valence-electron chi connectivity index (χ2n) is 7.80. The Kier molecular flexibility index (Phi) is 5.25. The number of piperazine rings is 1. The van der Waals surface area contributed by atoms with E-state index in [0.29, 0.717) is 56.3 Å². The van der Waals surface area contributed by atoms with E-state index in [1.807, 2.05) is 30.3 Å². The highest BCUT2D eigenvalue weighted by Crippen LogP contribution is 2.25. The number of nitrogens with zero attached hydrogens (tertiary/aromatic N) is 7. The molecule has 2 fully saturated rings. The van der Waals surface area contributed by atoms with Crippen LogP contribution >= 0.6 is 0 Å². The standard InChI is InChI=1S/C21H23N7O3S/c29-20(17-6-4-9-19(16-17)27-10-5-15-32(27,30)31)25-11-13-26(14-12-25)21-22-23-24-28(21)18-7-2-1-3-8-18/h1-4,6-9,16H,5,10-15H2. The summed E-state index contributed by atoms with van der Waals surface area (Å²) in [6.07, 6.45) is 0.602. The van der Waals surface area contributed by atoms with Crippen molar-refractivity contribution in [2.75, 3.05) is 47.7 Å². The lowest BCUT2D eigenvalue weighted by Gasteiger charge is -2.35. The fourth-order valence-electron chi connectivity index (χ4n) is 4.13. The molecule has 3 heterocycles. The number of anilines is 2. The molecule has 0 bridgehead atoms. The van der Waals surface area contributed by atoms with Gasteiger partial charge in [0.2, 0.25) is 16.0 Å². The number of hydrogen-bond donors (Lipinski definition) is 0. The minimum atomic E-state index is -3.29. The summed E-state index contributed by atoms with van der Waals surface area (Å²) in [7, 11) is -3.29. The minimum absolute atomic E-state index is 0.106. The van der Waals surface area contributed by atoms with Crippen LogP contribution in [0.4, 0.5) is 11.6 Å². The smallest absolute Gasteiger partial charge is 0.254 e. The molecule has 166 valence electrons. The quantitative estimate of drug-likeness (QED) is 0.584. The van der Waals surface area contributed by atoms with Crippen molar-refractivity contribution in [3.8, 4) is 5.69 Å². The molecule has 2 saturated heterocycles. The monoisotopic (exact) mass is 453 g/mol. The van der Waals surface area contributed by atoms with Gasteiger partial charge in [0, 0.05) is 38.3 Å². The van der Waals surface area contributed by atoms with Crippen molar-refractivity contribution >= 4 is 27.6 Å². The van der Waals surface area contributed by atoms with Crippen LogP contribution in [0.3, 0.4) is 0 Å².